The Morgan fingerprint density at radius 3 is 2.59 bits per heavy atom. The molecular formula is C16H16ClFO4. The van der Waals surface area contributed by atoms with Crippen LogP contribution in [0.25, 0.3) is 0 Å². The van der Waals surface area contributed by atoms with Gasteiger partial charge in [0.25, 0.3) is 0 Å². The van der Waals surface area contributed by atoms with Crippen LogP contribution in [-0.4, -0.2) is 24.2 Å². The quantitative estimate of drug-likeness (QED) is 0.794. The van der Waals surface area contributed by atoms with E-state index in [2.05, 4.69) is 0 Å². The molecule has 2 atom stereocenters. The van der Waals surface area contributed by atoms with Crippen molar-refractivity contribution in [3.63, 3.8) is 0 Å². The number of benzene rings is 1. The Kier molecular flexibility index (Phi) is 4.86. The van der Waals surface area contributed by atoms with Gasteiger partial charge in [-0.25, -0.2) is 4.79 Å². The summed E-state index contributed by atoms with van der Waals surface area (Å²) >= 11 is 5.84. The molecule has 4 nitrogen and oxygen atoms in total. The van der Waals surface area contributed by atoms with Crippen molar-refractivity contribution in [2.24, 2.45) is 0 Å². The fourth-order valence-electron chi connectivity index (χ4n) is 2.23. The highest BCUT2D eigenvalue weighted by molar-refractivity contribution is 6.30. The van der Waals surface area contributed by atoms with E-state index in [1.54, 1.807) is 31.2 Å². The Labute approximate surface area is 132 Å². The van der Waals surface area contributed by atoms with Crippen molar-refractivity contribution in [2.45, 2.75) is 32.0 Å². The molecule has 0 aliphatic carbocycles. The highest BCUT2D eigenvalue weighted by Crippen LogP contribution is 2.39. The summed E-state index contributed by atoms with van der Waals surface area (Å²) in [6, 6.07) is 6.77. The molecule has 1 aromatic rings. The second kappa shape index (κ2) is 6.48. The molecule has 2 rings (SSSR count). The Bertz CT molecular complexity index is 611. The van der Waals surface area contributed by atoms with Gasteiger partial charge in [-0.15, -0.1) is 0 Å². The van der Waals surface area contributed by atoms with Crippen LogP contribution in [-0.2, 0) is 19.1 Å². The van der Waals surface area contributed by atoms with E-state index in [9.17, 15) is 14.0 Å². The van der Waals surface area contributed by atoms with Gasteiger partial charge in [0.15, 0.2) is 0 Å². The first-order valence-corrected chi connectivity index (χ1v) is 7.27. The summed E-state index contributed by atoms with van der Waals surface area (Å²) in [5.41, 5.74) is 0.734. The van der Waals surface area contributed by atoms with Crippen LogP contribution in [0.3, 0.4) is 0 Å². The van der Waals surface area contributed by atoms with Crippen molar-refractivity contribution < 1.29 is 23.5 Å². The maximum absolute atomic E-state index is 14.7. The van der Waals surface area contributed by atoms with Crippen LogP contribution in [0.4, 0.5) is 4.39 Å². The number of carbonyl (C=O) groups excluding carboxylic acids is 2. The summed E-state index contributed by atoms with van der Waals surface area (Å²) in [5.74, 6) is -4.89. The van der Waals surface area contributed by atoms with Gasteiger partial charge in [-0.05, 0) is 30.7 Å². The van der Waals surface area contributed by atoms with Crippen molar-refractivity contribution in [3.05, 3.63) is 46.7 Å². The second-order valence-corrected chi connectivity index (χ2v) is 5.44. The van der Waals surface area contributed by atoms with Crippen molar-refractivity contribution >= 4 is 23.4 Å². The van der Waals surface area contributed by atoms with Crippen LogP contribution < -0.4 is 0 Å². The second-order valence-electron chi connectivity index (χ2n) is 5.00. The van der Waals surface area contributed by atoms with Crippen molar-refractivity contribution in [2.75, 3.05) is 6.61 Å². The molecule has 1 aromatic carbocycles. The van der Waals surface area contributed by atoms with Crippen LogP contribution in [0.2, 0.25) is 5.02 Å². The average Bonchev–Trinajstić information content (AvgIpc) is 2.47. The lowest BCUT2D eigenvalue weighted by atomic mass is 9.88. The average molecular weight is 327 g/mol. The molecule has 1 aliphatic rings. The fraction of sp³-hybridized carbons (Fsp3) is 0.375. The Balaban J connectivity index is 2.38. The molecule has 22 heavy (non-hydrogen) atoms. The molecule has 0 N–H and O–H groups in total. The van der Waals surface area contributed by atoms with Crippen LogP contribution >= 0.6 is 11.6 Å². The van der Waals surface area contributed by atoms with Crippen LogP contribution in [0.1, 0.15) is 31.7 Å². The zero-order valence-corrected chi connectivity index (χ0v) is 13.0. The lowest BCUT2D eigenvalue weighted by molar-refractivity contribution is -0.174. The summed E-state index contributed by atoms with van der Waals surface area (Å²) in [7, 11) is 0. The number of halogens is 2. The third-order valence-electron chi connectivity index (χ3n) is 3.41. The number of ether oxygens (including phenoxy) is 2. The van der Waals surface area contributed by atoms with Gasteiger partial charge in [-0.1, -0.05) is 23.7 Å². The van der Waals surface area contributed by atoms with E-state index in [1.807, 2.05) is 0 Å². The van der Waals surface area contributed by atoms with E-state index >= 15 is 0 Å². The number of carbonyl (C=O) groups is 2. The van der Waals surface area contributed by atoms with Gasteiger partial charge < -0.3 is 9.47 Å². The number of alkyl halides is 1. The van der Waals surface area contributed by atoms with Gasteiger partial charge in [0.2, 0.25) is 11.5 Å². The molecule has 0 bridgehead atoms. The van der Waals surface area contributed by atoms with E-state index in [0.29, 0.717) is 5.02 Å². The Morgan fingerprint density at radius 2 is 2.05 bits per heavy atom. The van der Waals surface area contributed by atoms with E-state index in [1.165, 1.54) is 6.08 Å². The van der Waals surface area contributed by atoms with Gasteiger partial charge in [0, 0.05) is 24.3 Å². The molecular weight excluding hydrogens is 311 g/mol. The van der Waals surface area contributed by atoms with Crippen molar-refractivity contribution in [1.29, 1.82) is 0 Å². The number of allylic oxidation sites excluding steroid dienone is 1. The lowest BCUT2D eigenvalue weighted by Gasteiger charge is -2.32. The molecule has 0 spiro atoms. The molecule has 2 unspecified atom stereocenters. The number of hydrogen-bond donors (Lipinski definition) is 0. The maximum Gasteiger partial charge on any atom is 0.373 e. The van der Waals surface area contributed by atoms with Crippen LogP contribution in [0.5, 0.6) is 0 Å². The zero-order valence-electron chi connectivity index (χ0n) is 12.3. The first kappa shape index (κ1) is 16.5. The first-order valence-electron chi connectivity index (χ1n) is 6.89. The third-order valence-corrected chi connectivity index (χ3v) is 3.66. The SMILES string of the molecule is CCOC(=O)C1=CC(c2ccc(Cl)cc2)CC(F)(C(C)=O)O1. The summed E-state index contributed by atoms with van der Waals surface area (Å²) in [6.45, 7) is 2.85. The van der Waals surface area contributed by atoms with E-state index in [-0.39, 0.29) is 18.8 Å². The smallest absolute Gasteiger partial charge is 0.373 e. The normalized spacial score (nSPS) is 24.2. The van der Waals surface area contributed by atoms with Gasteiger partial charge in [-0.3, -0.25) is 4.79 Å². The topological polar surface area (TPSA) is 52.6 Å². The van der Waals surface area contributed by atoms with Gasteiger partial charge in [-0.2, -0.15) is 4.39 Å². The largest absolute Gasteiger partial charge is 0.460 e. The number of Topliss-reactive ketones (excluding diaryl/α,β-unsaturated/α-hetero) is 1. The summed E-state index contributed by atoms with van der Waals surface area (Å²) in [6.07, 6.45) is 1.27. The minimum Gasteiger partial charge on any atom is -0.460 e. The molecule has 0 amide bonds. The number of rotatable bonds is 4. The Hall–Kier alpha value is -1.88. The standard InChI is InChI=1S/C16H16ClFO4/c1-3-21-15(20)14-8-12(9-16(18,22-14)10(2)19)11-4-6-13(17)7-5-11/h4-8,12H,3,9H2,1-2H3. The molecule has 0 fully saturated rings. The van der Waals surface area contributed by atoms with E-state index < -0.39 is 23.5 Å². The molecule has 0 saturated carbocycles. The van der Waals surface area contributed by atoms with Crippen molar-refractivity contribution in [3.8, 4) is 0 Å². The maximum atomic E-state index is 14.7. The molecule has 0 aromatic heterocycles. The molecule has 1 heterocycles. The van der Waals surface area contributed by atoms with Gasteiger partial charge in [0.1, 0.15) is 0 Å². The predicted octanol–water partition coefficient (Wildman–Crippen LogP) is 3.55. The third kappa shape index (κ3) is 3.47. The molecule has 6 heteroatoms. The molecule has 0 radical (unpaired) electrons. The summed E-state index contributed by atoms with van der Waals surface area (Å²) < 4.78 is 24.5. The molecule has 0 saturated heterocycles. The predicted molar refractivity (Wildman–Crippen MR) is 79.1 cm³/mol. The summed E-state index contributed by atoms with van der Waals surface area (Å²) in [4.78, 5) is 23.4. The lowest BCUT2D eigenvalue weighted by Crippen LogP contribution is -2.40. The van der Waals surface area contributed by atoms with Gasteiger partial charge >= 0.3 is 11.8 Å². The van der Waals surface area contributed by atoms with E-state index in [0.717, 1.165) is 12.5 Å². The van der Waals surface area contributed by atoms with Crippen molar-refractivity contribution in [1.82, 2.24) is 0 Å². The number of ketones is 1. The number of hydrogen-bond acceptors (Lipinski definition) is 4. The van der Waals surface area contributed by atoms with Crippen LogP contribution in [0, 0.1) is 0 Å². The number of esters is 1. The summed E-state index contributed by atoms with van der Waals surface area (Å²) in [5, 5.41) is 0.545. The minimum atomic E-state index is -2.54. The minimum absolute atomic E-state index is 0.129. The fourth-order valence-corrected chi connectivity index (χ4v) is 2.35. The van der Waals surface area contributed by atoms with Crippen LogP contribution in [0.15, 0.2) is 36.1 Å². The highest BCUT2D eigenvalue weighted by Gasteiger charge is 2.45. The first-order chi connectivity index (χ1) is 10.4. The van der Waals surface area contributed by atoms with E-state index in [4.69, 9.17) is 21.1 Å². The van der Waals surface area contributed by atoms with Gasteiger partial charge in [0.05, 0.1) is 6.61 Å². The molecule has 1 aliphatic heterocycles. The monoisotopic (exact) mass is 326 g/mol. The molecule has 118 valence electrons. The highest BCUT2D eigenvalue weighted by atomic mass is 35.5. The zero-order chi connectivity index (χ0) is 16.3. The Morgan fingerprint density at radius 1 is 1.41 bits per heavy atom.